The predicted octanol–water partition coefficient (Wildman–Crippen LogP) is 4.05. The van der Waals surface area contributed by atoms with E-state index in [0.29, 0.717) is 11.1 Å². The molecule has 1 aromatic heterocycles. The second kappa shape index (κ2) is 6.73. The number of hydrogen-bond acceptors (Lipinski definition) is 4. The van der Waals surface area contributed by atoms with Crippen LogP contribution in [0, 0.1) is 0 Å². The summed E-state index contributed by atoms with van der Waals surface area (Å²) in [7, 11) is 0. The molecule has 2 aromatic rings. The van der Waals surface area contributed by atoms with Crippen LogP contribution in [-0.2, 0) is 6.54 Å². The number of pyridine rings is 1. The quantitative estimate of drug-likeness (QED) is 0.837. The molecule has 1 unspecified atom stereocenters. The maximum Gasteiger partial charge on any atom is 0.573 e. The van der Waals surface area contributed by atoms with Gasteiger partial charge >= 0.3 is 12.3 Å². The van der Waals surface area contributed by atoms with Crippen molar-refractivity contribution in [3.8, 4) is 5.75 Å². The molecule has 0 fully saturated rings. The Morgan fingerprint density at radius 1 is 1.37 bits per heavy atom. The molecule has 1 aliphatic heterocycles. The third kappa shape index (κ3) is 3.68. The minimum absolute atomic E-state index is 0.0171. The Bertz CT molecular complexity index is 933. The Kier molecular flexibility index (Phi) is 4.73. The molecule has 3 rings (SSSR count). The highest BCUT2D eigenvalue weighted by Gasteiger charge is 2.35. The molecule has 0 radical (unpaired) electrons. The van der Waals surface area contributed by atoms with E-state index in [1.807, 2.05) is 0 Å². The van der Waals surface area contributed by atoms with Crippen LogP contribution >= 0.6 is 11.6 Å². The van der Waals surface area contributed by atoms with Crippen LogP contribution in [0.5, 0.6) is 5.75 Å². The zero-order valence-corrected chi connectivity index (χ0v) is 14.5. The number of halogens is 4. The number of carbonyl (C=O) groups excluding carboxylic acids is 1. The molecule has 1 amide bonds. The average Bonchev–Trinajstić information content (AvgIpc) is 2.92. The maximum atomic E-state index is 12.6. The number of alkyl halides is 3. The smallest absolute Gasteiger partial charge is 0.477 e. The van der Waals surface area contributed by atoms with Crippen molar-refractivity contribution >= 4 is 23.5 Å². The van der Waals surface area contributed by atoms with Crippen molar-refractivity contribution in [1.82, 2.24) is 9.88 Å². The third-order valence-electron chi connectivity index (χ3n) is 4.21. The molecule has 10 heteroatoms. The van der Waals surface area contributed by atoms with Gasteiger partial charge in [0.25, 0.3) is 5.91 Å². The normalized spacial score (nSPS) is 14.9. The summed E-state index contributed by atoms with van der Waals surface area (Å²) in [6.07, 6.45) is -3.63. The maximum absolute atomic E-state index is 12.6. The minimum Gasteiger partial charge on any atom is -0.477 e. The highest BCUT2D eigenvalue weighted by atomic mass is 35.5. The van der Waals surface area contributed by atoms with Crippen LogP contribution in [0.4, 0.5) is 13.2 Å². The van der Waals surface area contributed by atoms with Crippen LogP contribution in [-0.4, -0.2) is 33.2 Å². The van der Waals surface area contributed by atoms with Gasteiger partial charge in [0.15, 0.2) is 5.69 Å². The van der Waals surface area contributed by atoms with Crippen molar-refractivity contribution in [2.24, 2.45) is 0 Å². The topological polar surface area (TPSA) is 79.7 Å². The van der Waals surface area contributed by atoms with Crippen LogP contribution < -0.4 is 4.74 Å². The average molecular weight is 401 g/mol. The van der Waals surface area contributed by atoms with E-state index in [1.165, 1.54) is 29.3 Å². The van der Waals surface area contributed by atoms with E-state index >= 15 is 0 Å². The van der Waals surface area contributed by atoms with E-state index in [4.69, 9.17) is 11.6 Å². The lowest BCUT2D eigenvalue weighted by Crippen LogP contribution is -2.27. The van der Waals surface area contributed by atoms with Gasteiger partial charge in [0.05, 0.1) is 11.1 Å². The number of carboxylic acid groups (broad SMARTS) is 1. The number of hydrogen-bond donors (Lipinski definition) is 1. The molecule has 1 atom stereocenters. The first-order valence-corrected chi connectivity index (χ1v) is 8.03. The summed E-state index contributed by atoms with van der Waals surface area (Å²) in [5.41, 5.74) is 0.797. The van der Waals surface area contributed by atoms with Crippen molar-refractivity contribution in [2.45, 2.75) is 25.9 Å². The van der Waals surface area contributed by atoms with Crippen LogP contribution in [0.2, 0.25) is 5.02 Å². The number of nitrogens with zero attached hydrogens (tertiary/aromatic N) is 2. The monoisotopic (exact) mass is 400 g/mol. The summed E-state index contributed by atoms with van der Waals surface area (Å²) >= 11 is 5.86. The van der Waals surface area contributed by atoms with Crippen molar-refractivity contribution in [3.05, 3.63) is 57.9 Å². The van der Waals surface area contributed by atoms with Gasteiger partial charge in [0, 0.05) is 23.9 Å². The number of aromatic nitrogens is 1. The number of ether oxygens (including phenoxy) is 1. The van der Waals surface area contributed by atoms with Crippen molar-refractivity contribution in [3.63, 3.8) is 0 Å². The van der Waals surface area contributed by atoms with Gasteiger partial charge in [-0.15, -0.1) is 13.2 Å². The largest absolute Gasteiger partial charge is 0.573 e. The Morgan fingerprint density at radius 2 is 2.07 bits per heavy atom. The van der Waals surface area contributed by atoms with Gasteiger partial charge in [-0.05, 0) is 30.7 Å². The number of aromatic carboxylic acids is 1. The first-order chi connectivity index (χ1) is 12.6. The van der Waals surface area contributed by atoms with Gasteiger partial charge < -0.3 is 14.7 Å². The summed E-state index contributed by atoms with van der Waals surface area (Å²) in [6.45, 7) is 1.68. The standard InChI is InChI=1S/C17H12ClF3N2O4/c1-8(9-2-3-13(12(18)6-9)27-17(19,20)21)23-7-11-10(15(23)24)4-5-22-14(11)16(25)26/h2-6,8H,7H2,1H3,(H,25,26). The van der Waals surface area contributed by atoms with Crippen molar-refractivity contribution in [1.29, 1.82) is 0 Å². The van der Waals surface area contributed by atoms with E-state index < -0.39 is 30.0 Å². The molecular formula is C17H12ClF3N2O4. The lowest BCUT2D eigenvalue weighted by Gasteiger charge is -2.25. The van der Waals surface area contributed by atoms with E-state index in [0.717, 1.165) is 6.07 Å². The fraction of sp³-hybridized carbons (Fsp3) is 0.235. The Balaban J connectivity index is 1.88. The molecule has 0 saturated heterocycles. The number of amides is 1. The van der Waals surface area contributed by atoms with Crippen LogP contribution in [0.3, 0.4) is 0 Å². The Morgan fingerprint density at radius 3 is 2.67 bits per heavy atom. The van der Waals surface area contributed by atoms with Crippen molar-refractivity contribution in [2.75, 3.05) is 0 Å². The second-order valence-corrected chi connectivity index (χ2v) is 6.24. The van der Waals surface area contributed by atoms with Gasteiger partial charge in [0.2, 0.25) is 0 Å². The molecule has 1 aliphatic rings. The van der Waals surface area contributed by atoms with Gasteiger partial charge in [0.1, 0.15) is 5.75 Å². The van der Waals surface area contributed by atoms with E-state index in [2.05, 4.69) is 9.72 Å². The molecule has 0 spiro atoms. The first-order valence-electron chi connectivity index (χ1n) is 7.66. The fourth-order valence-corrected chi connectivity index (χ4v) is 3.14. The lowest BCUT2D eigenvalue weighted by atomic mass is 10.1. The fourth-order valence-electron chi connectivity index (χ4n) is 2.91. The molecule has 2 heterocycles. The van der Waals surface area contributed by atoms with Crippen LogP contribution in [0.15, 0.2) is 30.5 Å². The Labute approximate surface area is 156 Å². The van der Waals surface area contributed by atoms with E-state index in [1.54, 1.807) is 6.92 Å². The molecule has 0 aliphatic carbocycles. The highest BCUT2D eigenvalue weighted by molar-refractivity contribution is 6.32. The zero-order valence-electron chi connectivity index (χ0n) is 13.7. The molecule has 1 N–H and O–H groups in total. The molecule has 0 saturated carbocycles. The van der Waals surface area contributed by atoms with Crippen LogP contribution in [0.1, 0.15) is 44.9 Å². The number of benzene rings is 1. The van der Waals surface area contributed by atoms with E-state index in [-0.39, 0.29) is 22.8 Å². The molecule has 0 bridgehead atoms. The van der Waals surface area contributed by atoms with Gasteiger partial charge in [-0.1, -0.05) is 17.7 Å². The summed E-state index contributed by atoms with van der Waals surface area (Å²) in [6, 6.07) is 4.58. The number of fused-ring (bicyclic) bond motifs is 1. The first kappa shape index (κ1) is 19.0. The predicted molar refractivity (Wildman–Crippen MR) is 87.6 cm³/mol. The third-order valence-corrected chi connectivity index (χ3v) is 4.51. The van der Waals surface area contributed by atoms with Gasteiger partial charge in [-0.25, -0.2) is 9.78 Å². The molecule has 1 aromatic carbocycles. The Hall–Kier alpha value is -2.81. The number of carboxylic acids is 1. The second-order valence-electron chi connectivity index (χ2n) is 5.84. The summed E-state index contributed by atoms with van der Waals surface area (Å²) in [4.78, 5) is 29.1. The molecule has 142 valence electrons. The SMILES string of the molecule is CC(c1ccc(OC(F)(F)F)c(Cl)c1)N1Cc2c(ccnc2C(=O)O)C1=O. The zero-order chi connectivity index (χ0) is 19.9. The van der Waals surface area contributed by atoms with Gasteiger partial charge in [-0.3, -0.25) is 4.79 Å². The summed E-state index contributed by atoms with van der Waals surface area (Å²) in [5, 5.41) is 8.97. The van der Waals surface area contributed by atoms with Crippen molar-refractivity contribution < 1.29 is 32.6 Å². The van der Waals surface area contributed by atoms with E-state index in [9.17, 15) is 27.9 Å². The molecule has 27 heavy (non-hydrogen) atoms. The summed E-state index contributed by atoms with van der Waals surface area (Å²) in [5.74, 6) is -2.19. The highest BCUT2D eigenvalue weighted by Crippen LogP contribution is 2.36. The molecule has 6 nitrogen and oxygen atoms in total. The van der Waals surface area contributed by atoms with Crippen LogP contribution in [0.25, 0.3) is 0 Å². The number of carbonyl (C=O) groups is 2. The van der Waals surface area contributed by atoms with Gasteiger partial charge in [-0.2, -0.15) is 0 Å². The number of rotatable bonds is 4. The molecular weight excluding hydrogens is 389 g/mol. The lowest BCUT2D eigenvalue weighted by molar-refractivity contribution is -0.274. The minimum atomic E-state index is -4.87. The summed E-state index contributed by atoms with van der Waals surface area (Å²) < 4.78 is 40.9.